The molecule has 5 nitrogen and oxygen atoms in total. The summed E-state index contributed by atoms with van der Waals surface area (Å²) in [6.07, 6.45) is 0. The van der Waals surface area contributed by atoms with E-state index in [0.717, 1.165) is 7.11 Å². The fourth-order valence-corrected chi connectivity index (χ4v) is 2.81. The fourth-order valence-electron chi connectivity index (χ4n) is 1.28. The Morgan fingerprint density at radius 1 is 1.21 bits per heavy atom. The highest BCUT2D eigenvalue weighted by atomic mass is 35.5. The molecule has 0 aliphatic carbocycles. The SMILES string of the molecule is COC(=O)CS(=O)(=O)CC(=O)c1cc(Cl)ccc1Cl. The largest absolute Gasteiger partial charge is 0.468 e. The Labute approximate surface area is 120 Å². The molecule has 0 aliphatic rings. The summed E-state index contributed by atoms with van der Waals surface area (Å²) in [7, 11) is -2.83. The highest BCUT2D eigenvalue weighted by Crippen LogP contribution is 2.21. The number of benzene rings is 1. The maximum atomic E-state index is 11.8. The predicted molar refractivity (Wildman–Crippen MR) is 71.5 cm³/mol. The van der Waals surface area contributed by atoms with Gasteiger partial charge in [0.2, 0.25) is 0 Å². The normalized spacial score (nSPS) is 11.1. The standard InChI is InChI=1S/C11H10Cl2O5S/c1-18-11(15)6-19(16,17)5-10(14)8-4-7(12)2-3-9(8)13/h2-4H,5-6H2,1H3. The lowest BCUT2D eigenvalue weighted by Gasteiger charge is -2.05. The van der Waals surface area contributed by atoms with Crippen molar-refractivity contribution in [3.8, 4) is 0 Å². The number of methoxy groups -OCH3 is 1. The van der Waals surface area contributed by atoms with E-state index in [2.05, 4.69) is 4.74 Å². The first-order chi connectivity index (χ1) is 8.75. The third-order valence-electron chi connectivity index (χ3n) is 2.15. The molecule has 0 saturated carbocycles. The first-order valence-electron chi connectivity index (χ1n) is 5.00. The quantitative estimate of drug-likeness (QED) is 0.609. The van der Waals surface area contributed by atoms with Crippen LogP contribution in [0.15, 0.2) is 18.2 Å². The van der Waals surface area contributed by atoms with Crippen LogP contribution in [0.5, 0.6) is 0 Å². The van der Waals surface area contributed by atoms with Gasteiger partial charge in [0.05, 0.1) is 12.1 Å². The van der Waals surface area contributed by atoms with E-state index in [9.17, 15) is 18.0 Å². The molecule has 0 amide bonds. The van der Waals surface area contributed by atoms with Crippen LogP contribution in [-0.4, -0.2) is 38.8 Å². The number of sulfone groups is 1. The van der Waals surface area contributed by atoms with Gasteiger partial charge in [-0.05, 0) is 18.2 Å². The van der Waals surface area contributed by atoms with Gasteiger partial charge < -0.3 is 4.74 Å². The minimum Gasteiger partial charge on any atom is -0.468 e. The van der Waals surface area contributed by atoms with Crippen molar-refractivity contribution in [1.29, 1.82) is 0 Å². The molecule has 0 atom stereocenters. The van der Waals surface area contributed by atoms with Crippen LogP contribution in [0.2, 0.25) is 10.0 Å². The molecule has 1 rings (SSSR count). The van der Waals surface area contributed by atoms with Crippen molar-refractivity contribution in [1.82, 2.24) is 0 Å². The van der Waals surface area contributed by atoms with Crippen LogP contribution >= 0.6 is 23.2 Å². The molecule has 0 heterocycles. The van der Waals surface area contributed by atoms with Gasteiger partial charge in [0.25, 0.3) is 0 Å². The van der Waals surface area contributed by atoms with E-state index in [1.54, 1.807) is 0 Å². The Bertz CT molecular complexity index is 610. The van der Waals surface area contributed by atoms with Gasteiger partial charge in [0, 0.05) is 10.6 Å². The first kappa shape index (κ1) is 15.9. The Morgan fingerprint density at radius 3 is 2.42 bits per heavy atom. The molecule has 0 N–H and O–H groups in total. The minimum absolute atomic E-state index is 0.00241. The van der Waals surface area contributed by atoms with Crippen molar-refractivity contribution in [3.05, 3.63) is 33.8 Å². The summed E-state index contributed by atoms with van der Waals surface area (Å²) in [4.78, 5) is 22.7. The van der Waals surface area contributed by atoms with Gasteiger partial charge in [-0.1, -0.05) is 23.2 Å². The number of rotatable bonds is 5. The Balaban J connectivity index is 2.91. The van der Waals surface area contributed by atoms with Crippen molar-refractivity contribution in [3.63, 3.8) is 0 Å². The fraction of sp³-hybridized carbons (Fsp3) is 0.273. The van der Waals surface area contributed by atoms with Crippen LogP contribution in [0, 0.1) is 0 Å². The molecule has 0 saturated heterocycles. The third-order valence-corrected chi connectivity index (χ3v) is 4.09. The summed E-state index contributed by atoms with van der Waals surface area (Å²) in [5.74, 6) is -3.34. The van der Waals surface area contributed by atoms with E-state index in [4.69, 9.17) is 23.2 Å². The Kier molecular flexibility index (Phi) is 5.34. The summed E-state index contributed by atoms with van der Waals surface area (Å²) in [6.45, 7) is 0. The number of hydrogen-bond donors (Lipinski definition) is 0. The average Bonchev–Trinajstić information content (AvgIpc) is 2.30. The number of carbonyl (C=O) groups excluding carboxylic acids is 2. The summed E-state index contributed by atoms with van der Waals surface area (Å²) in [5.41, 5.74) is 0.00241. The number of ether oxygens (including phenoxy) is 1. The van der Waals surface area contributed by atoms with Crippen LogP contribution in [0.4, 0.5) is 0 Å². The van der Waals surface area contributed by atoms with Crippen molar-refractivity contribution in [2.75, 3.05) is 18.6 Å². The molecule has 0 aromatic heterocycles. The van der Waals surface area contributed by atoms with E-state index in [0.29, 0.717) is 0 Å². The lowest BCUT2D eigenvalue weighted by atomic mass is 10.1. The number of halogens is 2. The predicted octanol–water partition coefficient (Wildman–Crippen LogP) is 1.76. The summed E-state index contributed by atoms with van der Waals surface area (Å²) in [5, 5.41) is 0.362. The lowest BCUT2D eigenvalue weighted by Crippen LogP contribution is -2.24. The molecule has 19 heavy (non-hydrogen) atoms. The first-order valence-corrected chi connectivity index (χ1v) is 7.58. The minimum atomic E-state index is -3.90. The Morgan fingerprint density at radius 2 is 1.84 bits per heavy atom. The number of ketones is 1. The van der Waals surface area contributed by atoms with E-state index < -0.39 is 33.1 Å². The second-order valence-corrected chi connectivity index (χ2v) is 6.56. The second kappa shape index (κ2) is 6.36. The van der Waals surface area contributed by atoms with E-state index in [1.165, 1.54) is 18.2 Å². The van der Waals surface area contributed by atoms with Gasteiger partial charge in [-0.2, -0.15) is 0 Å². The molecule has 0 radical (unpaired) electrons. The van der Waals surface area contributed by atoms with Crippen molar-refractivity contribution >= 4 is 44.8 Å². The molecule has 104 valence electrons. The molecule has 0 fully saturated rings. The average molecular weight is 325 g/mol. The number of carbonyl (C=O) groups is 2. The number of esters is 1. The molecule has 8 heteroatoms. The van der Waals surface area contributed by atoms with Crippen LogP contribution in [0.25, 0.3) is 0 Å². The van der Waals surface area contributed by atoms with Gasteiger partial charge in [-0.15, -0.1) is 0 Å². The molecule has 0 aliphatic heterocycles. The number of hydrogen-bond acceptors (Lipinski definition) is 5. The van der Waals surface area contributed by atoms with Crippen LogP contribution in [0.3, 0.4) is 0 Å². The van der Waals surface area contributed by atoms with Gasteiger partial charge in [-0.3, -0.25) is 9.59 Å². The van der Waals surface area contributed by atoms with E-state index in [-0.39, 0.29) is 15.6 Å². The zero-order valence-electron chi connectivity index (χ0n) is 9.85. The van der Waals surface area contributed by atoms with Crippen molar-refractivity contribution < 1.29 is 22.7 Å². The van der Waals surface area contributed by atoms with Gasteiger partial charge >= 0.3 is 5.97 Å². The highest BCUT2D eigenvalue weighted by Gasteiger charge is 2.23. The molecule has 1 aromatic carbocycles. The smallest absolute Gasteiger partial charge is 0.320 e. The summed E-state index contributed by atoms with van der Waals surface area (Å²) in [6, 6.07) is 4.15. The second-order valence-electron chi connectivity index (χ2n) is 3.66. The Hall–Kier alpha value is -1.11. The molecule has 0 bridgehead atoms. The molecule has 0 unspecified atom stereocenters. The molecular formula is C11H10Cl2O5S. The summed E-state index contributed by atoms with van der Waals surface area (Å²) >= 11 is 11.5. The topological polar surface area (TPSA) is 77.5 Å². The number of Topliss-reactive ketones (excluding diaryl/α,β-unsaturated/α-hetero) is 1. The molecule has 1 aromatic rings. The summed E-state index contributed by atoms with van der Waals surface area (Å²) < 4.78 is 27.4. The van der Waals surface area contributed by atoms with E-state index >= 15 is 0 Å². The monoisotopic (exact) mass is 324 g/mol. The van der Waals surface area contributed by atoms with Gasteiger partial charge in [0.1, 0.15) is 11.5 Å². The lowest BCUT2D eigenvalue weighted by molar-refractivity contribution is -0.137. The molecular weight excluding hydrogens is 315 g/mol. The van der Waals surface area contributed by atoms with Crippen molar-refractivity contribution in [2.24, 2.45) is 0 Å². The third kappa shape index (κ3) is 4.81. The van der Waals surface area contributed by atoms with Crippen molar-refractivity contribution in [2.45, 2.75) is 0 Å². The van der Waals surface area contributed by atoms with Crippen LogP contribution < -0.4 is 0 Å². The zero-order chi connectivity index (χ0) is 14.6. The van der Waals surface area contributed by atoms with Crippen LogP contribution in [-0.2, 0) is 19.4 Å². The maximum Gasteiger partial charge on any atom is 0.320 e. The molecule has 0 spiro atoms. The van der Waals surface area contributed by atoms with Gasteiger partial charge in [-0.25, -0.2) is 8.42 Å². The van der Waals surface area contributed by atoms with Crippen LogP contribution in [0.1, 0.15) is 10.4 Å². The maximum absolute atomic E-state index is 11.8. The van der Waals surface area contributed by atoms with Gasteiger partial charge in [0.15, 0.2) is 15.6 Å². The highest BCUT2D eigenvalue weighted by molar-refractivity contribution is 7.92. The van der Waals surface area contributed by atoms with E-state index in [1.807, 2.05) is 0 Å². The zero-order valence-corrected chi connectivity index (χ0v) is 12.2.